The van der Waals surface area contributed by atoms with Gasteiger partial charge in [0.15, 0.2) is 0 Å². The fourth-order valence-electron chi connectivity index (χ4n) is 8.88. The summed E-state index contributed by atoms with van der Waals surface area (Å²) in [6.07, 6.45) is -0.0190. The summed E-state index contributed by atoms with van der Waals surface area (Å²) in [5.41, 5.74) is 4.78. The number of hydrogen-bond donors (Lipinski definition) is 6. The van der Waals surface area contributed by atoms with Gasteiger partial charge in [-0.1, -0.05) is 103 Å². The largest absolute Gasteiger partial charge is 0.465 e. The van der Waals surface area contributed by atoms with Crippen molar-refractivity contribution in [3.63, 3.8) is 0 Å². The average molecular weight is 850 g/mol. The molecule has 6 amide bonds. The van der Waals surface area contributed by atoms with Gasteiger partial charge >= 0.3 is 12.2 Å². The summed E-state index contributed by atoms with van der Waals surface area (Å²) in [5, 5.41) is 31.7. The number of likely N-dealkylation sites (tertiary alicyclic amines) is 2. The van der Waals surface area contributed by atoms with Gasteiger partial charge in [0.25, 0.3) is 11.8 Å². The van der Waals surface area contributed by atoms with Crippen molar-refractivity contribution in [2.24, 2.45) is 0 Å². The lowest BCUT2D eigenvalue weighted by atomic mass is 10.0. The summed E-state index contributed by atoms with van der Waals surface area (Å²) in [6.45, 7) is 1.17. The highest BCUT2D eigenvalue weighted by Gasteiger charge is 2.40. The maximum atomic E-state index is 13.9. The van der Waals surface area contributed by atoms with E-state index in [4.69, 9.17) is 0 Å². The molecule has 2 unspecified atom stereocenters. The third kappa shape index (κ3) is 9.17. The molecule has 0 aliphatic carbocycles. The molecule has 3 heterocycles. The number of benzene rings is 5. The number of aromatic nitrogens is 1. The minimum absolute atomic E-state index is 0.304. The molecule has 0 radical (unpaired) electrons. The van der Waals surface area contributed by atoms with Gasteiger partial charge in [-0.15, -0.1) is 0 Å². The zero-order chi connectivity index (χ0) is 44.0. The van der Waals surface area contributed by atoms with Crippen LogP contribution in [0.2, 0.25) is 0 Å². The molecule has 6 aromatic rings. The number of carboxylic acid groups (broad SMARTS) is 2. The van der Waals surface area contributed by atoms with E-state index in [1.54, 1.807) is 60.7 Å². The Bertz CT molecular complexity index is 2510. The molecule has 8 rings (SSSR count). The van der Waals surface area contributed by atoms with Crippen LogP contribution in [0.4, 0.5) is 21.0 Å². The molecule has 322 valence electrons. The van der Waals surface area contributed by atoms with Crippen LogP contribution in [0.25, 0.3) is 21.8 Å². The van der Waals surface area contributed by atoms with Crippen molar-refractivity contribution in [3.05, 3.63) is 144 Å². The highest BCUT2D eigenvalue weighted by atomic mass is 16.4. The second-order valence-electron chi connectivity index (χ2n) is 15.8. The maximum absolute atomic E-state index is 13.9. The molecule has 0 saturated carbocycles. The maximum Gasteiger partial charge on any atom is 0.405 e. The van der Waals surface area contributed by atoms with E-state index in [-0.39, 0.29) is 11.8 Å². The van der Waals surface area contributed by atoms with Crippen LogP contribution in [0.15, 0.2) is 127 Å². The van der Waals surface area contributed by atoms with Crippen LogP contribution < -0.4 is 21.3 Å². The summed E-state index contributed by atoms with van der Waals surface area (Å²) < 4.78 is 2.14. The number of hydrogen-bond acceptors (Lipinski definition) is 6. The third-order valence-electron chi connectivity index (χ3n) is 11.8. The Balaban J connectivity index is 1.05. The lowest BCUT2D eigenvalue weighted by Gasteiger charge is -2.28. The topological polar surface area (TPSA) is 202 Å². The first-order chi connectivity index (χ1) is 30.5. The predicted molar refractivity (Wildman–Crippen MR) is 237 cm³/mol. The Morgan fingerprint density at radius 1 is 0.556 bits per heavy atom. The molecule has 5 aromatic carbocycles. The Morgan fingerprint density at radius 3 is 1.38 bits per heavy atom. The number of fused-ring (bicyclic) bond motifs is 3. The van der Waals surface area contributed by atoms with Gasteiger partial charge in [0, 0.05) is 41.8 Å². The van der Waals surface area contributed by atoms with Crippen molar-refractivity contribution in [3.8, 4) is 0 Å². The minimum Gasteiger partial charge on any atom is -0.465 e. The molecule has 0 spiro atoms. The first kappa shape index (κ1) is 42.0. The van der Waals surface area contributed by atoms with E-state index in [9.17, 15) is 39.0 Å². The van der Waals surface area contributed by atoms with Crippen LogP contribution >= 0.6 is 0 Å². The normalized spacial score (nSPS) is 17.0. The molecular weight excluding hydrogens is 803 g/mol. The summed E-state index contributed by atoms with van der Waals surface area (Å²) >= 11 is 0. The van der Waals surface area contributed by atoms with E-state index in [0.29, 0.717) is 74.2 Å². The van der Waals surface area contributed by atoms with E-state index in [0.717, 1.165) is 27.4 Å². The average Bonchev–Trinajstić information content (AvgIpc) is 4.06. The molecule has 15 nitrogen and oxygen atoms in total. The summed E-state index contributed by atoms with van der Waals surface area (Å²) in [4.78, 5) is 81.9. The number of aryl methyl sites for hydroxylation is 2. The number of carbonyl (C=O) groups is 6. The standard InChI is InChI=1S/C48H47N7O8/c56-43(37-18-10-25-54(37)45(58)41(51-47(60)61)31-14-6-2-7-15-31)49-33-20-22-35-36-23-21-34(29-40(36)53(39(35)28-33)27-24-30-12-4-1-5-13-30)50-44(57)38-19-11-26-55(38)46(59)42(52-48(62)63)32-16-8-3-9-17-32/h1-9,12-17,20-23,28-29,37-38,41-42,51-52H,10-11,18-19,24-27H2,(H,49,56)(H,50,57)(H,60,61)(H,62,63)/t37-,38-,41?,42?/m0/s1. The number of anilines is 2. The molecule has 1 aromatic heterocycles. The molecule has 2 fully saturated rings. The zero-order valence-electron chi connectivity index (χ0n) is 34.3. The van der Waals surface area contributed by atoms with Crippen molar-refractivity contribution in [1.82, 2.24) is 25.0 Å². The minimum atomic E-state index is -1.35. The Kier molecular flexibility index (Phi) is 12.4. The summed E-state index contributed by atoms with van der Waals surface area (Å²) in [6, 6.07) is 34.5. The molecule has 2 aliphatic heterocycles. The zero-order valence-corrected chi connectivity index (χ0v) is 34.3. The fraction of sp³-hybridized carbons (Fsp3) is 0.250. The van der Waals surface area contributed by atoms with Crippen LogP contribution in [-0.4, -0.2) is 85.6 Å². The van der Waals surface area contributed by atoms with E-state index < -0.39 is 48.2 Å². The van der Waals surface area contributed by atoms with Crippen LogP contribution in [0, 0.1) is 0 Å². The van der Waals surface area contributed by atoms with Gasteiger partial charge in [-0.2, -0.15) is 0 Å². The van der Waals surface area contributed by atoms with Crippen LogP contribution in [0.3, 0.4) is 0 Å². The van der Waals surface area contributed by atoms with Gasteiger partial charge in [-0.3, -0.25) is 19.2 Å². The van der Waals surface area contributed by atoms with Crippen LogP contribution in [0.1, 0.15) is 54.5 Å². The number of amides is 6. The van der Waals surface area contributed by atoms with Crippen molar-refractivity contribution in [2.75, 3.05) is 23.7 Å². The second kappa shape index (κ2) is 18.5. The van der Waals surface area contributed by atoms with Crippen molar-refractivity contribution < 1.29 is 39.0 Å². The lowest BCUT2D eigenvalue weighted by Crippen LogP contribution is -2.48. The predicted octanol–water partition coefficient (Wildman–Crippen LogP) is 6.91. The number of carbonyl (C=O) groups excluding carboxylic acids is 4. The summed E-state index contributed by atoms with van der Waals surface area (Å²) in [7, 11) is 0. The number of nitrogens with zero attached hydrogens (tertiary/aromatic N) is 3. The van der Waals surface area contributed by atoms with Crippen LogP contribution in [0.5, 0.6) is 0 Å². The fourth-order valence-corrected chi connectivity index (χ4v) is 8.88. The molecule has 2 saturated heterocycles. The van der Waals surface area contributed by atoms with Gasteiger partial charge in [0.1, 0.15) is 24.2 Å². The van der Waals surface area contributed by atoms with E-state index in [1.165, 1.54) is 9.80 Å². The van der Waals surface area contributed by atoms with Gasteiger partial charge in [0.05, 0.1) is 11.0 Å². The lowest BCUT2D eigenvalue weighted by molar-refractivity contribution is -0.138. The molecule has 0 bridgehead atoms. The van der Waals surface area contributed by atoms with Gasteiger partial charge < -0.3 is 45.8 Å². The molecule has 6 N–H and O–H groups in total. The first-order valence-corrected chi connectivity index (χ1v) is 21.0. The second-order valence-corrected chi connectivity index (χ2v) is 15.8. The first-order valence-electron chi connectivity index (χ1n) is 21.0. The Morgan fingerprint density at radius 2 is 0.968 bits per heavy atom. The van der Waals surface area contributed by atoms with E-state index in [1.807, 2.05) is 54.6 Å². The highest BCUT2D eigenvalue weighted by Crippen LogP contribution is 2.34. The molecule has 63 heavy (non-hydrogen) atoms. The Labute approximate surface area is 362 Å². The SMILES string of the molecule is O=C(O)NC(C(=O)N1CCC[C@H]1C(=O)Nc1ccc2c3ccc(NC(=O)[C@@H]4CCCN4C(=O)C(NC(=O)O)c4ccccc4)cc3n(CCc3ccccc3)c2c1)c1ccccc1. The smallest absolute Gasteiger partial charge is 0.405 e. The van der Waals surface area contributed by atoms with Gasteiger partial charge in [0.2, 0.25) is 11.8 Å². The molecule has 2 aliphatic rings. The number of rotatable bonds is 13. The Hall–Kier alpha value is -7.68. The van der Waals surface area contributed by atoms with Gasteiger partial charge in [-0.25, -0.2) is 9.59 Å². The molecule has 4 atom stereocenters. The summed E-state index contributed by atoms with van der Waals surface area (Å²) in [5.74, 6) is -1.76. The number of nitrogens with one attached hydrogen (secondary N) is 4. The van der Waals surface area contributed by atoms with Crippen molar-refractivity contribution >= 4 is 69.0 Å². The third-order valence-corrected chi connectivity index (χ3v) is 11.8. The van der Waals surface area contributed by atoms with Crippen molar-refractivity contribution in [2.45, 2.75) is 62.8 Å². The van der Waals surface area contributed by atoms with Gasteiger partial charge in [-0.05, 0) is 73.1 Å². The van der Waals surface area contributed by atoms with E-state index >= 15 is 0 Å². The van der Waals surface area contributed by atoms with Crippen LogP contribution in [-0.2, 0) is 32.1 Å². The van der Waals surface area contributed by atoms with Crippen molar-refractivity contribution in [1.29, 1.82) is 0 Å². The molecular formula is C48H47N7O8. The highest BCUT2D eigenvalue weighted by molar-refractivity contribution is 6.11. The monoisotopic (exact) mass is 849 g/mol. The molecule has 15 heteroatoms. The van der Waals surface area contributed by atoms with E-state index in [2.05, 4.69) is 38.0 Å². The quantitative estimate of drug-likeness (QED) is 0.0719.